The molecular formula is C17H23Cl2N3O2. The third kappa shape index (κ3) is 5.05. The molecule has 2 atom stereocenters. The lowest BCUT2D eigenvalue weighted by atomic mass is 10.0. The van der Waals surface area contributed by atoms with E-state index in [-0.39, 0.29) is 42.7 Å². The van der Waals surface area contributed by atoms with E-state index in [0.717, 1.165) is 23.0 Å². The molecule has 3 N–H and O–H groups in total. The van der Waals surface area contributed by atoms with Gasteiger partial charge in [-0.15, -0.1) is 24.8 Å². The number of nitrogens with zero attached hydrogens (tertiary/aromatic N) is 1. The summed E-state index contributed by atoms with van der Waals surface area (Å²) >= 11 is 0. The van der Waals surface area contributed by atoms with E-state index in [1.807, 2.05) is 30.3 Å². The number of aliphatic hydroxyl groups is 1. The van der Waals surface area contributed by atoms with Crippen molar-refractivity contribution in [3.8, 4) is 0 Å². The Balaban J connectivity index is 0.00000144. The van der Waals surface area contributed by atoms with E-state index in [1.54, 1.807) is 6.20 Å². The van der Waals surface area contributed by atoms with Crippen LogP contribution in [-0.2, 0) is 11.2 Å². The Labute approximate surface area is 154 Å². The van der Waals surface area contributed by atoms with E-state index in [4.69, 9.17) is 0 Å². The van der Waals surface area contributed by atoms with Gasteiger partial charge in [0.25, 0.3) is 0 Å². The molecule has 2 aromatic rings. The first-order valence-electron chi connectivity index (χ1n) is 7.72. The number of carbonyl (C=O) groups is 1. The molecular weight excluding hydrogens is 349 g/mol. The lowest BCUT2D eigenvalue weighted by molar-refractivity contribution is -0.121. The number of hydrogen-bond donors (Lipinski definition) is 3. The molecule has 5 nitrogen and oxygen atoms in total. The van der Waals surface area contributed by atoms with Gasteiger partial charge in [-0.05, 0) is 24.1 Å². The molecule has 1 aliphatic rings. The van der Waals surface area contributed by atoms with Crippen molar-refractivity contribution in [2.45, 2.75) is 18.9 Å². The summed E-state index contributed by atoms with van der Waals surface area (Å²) in [6.07, 6.45) is 2.57. The average molecular weight is 372 g/mol. The van der Waals surface area contributed by atoms with Crippen LogP contribution in [0.25, 0.3) is 10.9 Å². The zero-order valence-corrected chi connectivity index (χ0v) is 14.9. The number of halogens is 2. The quantitative estimate of drug-likeness (QED) is 0.747. The van der Waals surface area contributed by atoms with E-state index in [1.165, 1.54) is 0 Å². The summed E-state index contributed by atoms with van der Waals surface area (Å²) in [6, 6.07) is 9.94. The molecule has 2 heterocycles. The van der Waals surface area contributed by atoms with Gasteiger partial charge in [-0.2, -0.15) is 0 Å². The molecule has 0 saturated carbocycles. The topological polar surface area (TPSA) is 74.2 Å². The van der Waals surface area contributed by atoms with Crippen LogP contribution in [0.2, 0.25) is 0 Å². The van der Waals surface area contributed by atoms with Crippen LogP contribution in [0.4, 0.5) is 0 Å². The number of nitrogens with one attached hydrogen (secondary N) is 2. The smallest absolute Gasteiger partial charge is 0.220 e. The normalized spacial score (nSPS) is 19.4. The number of aryl methyl sites for hydroxylation is 1. The van der Waals surface area contributed by atoms with Crippen molar-refractivity contribution >= 4 is 41.6 Å². The van der Waals surface area contributed by atoms with E-state index in [9.17, 15) is 9.90 Å². The lowest BCUT2D eigenvalue weighted by Gasteiger charge is -2.14. The Morgan fingerprint density at radius 3 is 2.79 bits per heavy atom. The van der Waals surface area contributed by atoms with Gasteiger partial charge in [-0.1, -0.05) is 18.2 Å². The lowest BCUT2D eigenvalue weighted by Crippen LogP contribution is -2.34. The van der Waals surface area contributed by atoms with Crippen LogP contribution < -0.4 is 10.6 Å². The minimum Gasteiger partial charge on any atom is -0.391 e. The molecule has 1 fully saturated rings. The molecule has 0 radical (unpaired) electrons. The Hall–Kier alpha value is -1.40. The predicted molar refractivity (Wildman–Crippen MR) is 99.9 cm³/mol. The van der Waals surface area contributed by atoms with Crippen molar-refractivity contribution in [1.29, 1.82) is 0 Å². The molecule has 0 spiro atoms. The largest absolute Gasteiger partial charge is 0.391 e. The average Bonchev–Trinajstić information content (AvgIpc) is 2.96. The van der Waals surface area contributed by atoms with Gasteiger partial charge >= 0.3 is 0 Å². The zero-order valence-electron chi connectivity index (χ0n) is 13.3. The van der Waals surface area contributed by atoms with Crippen molar-refractivity contribution in [2.24, 2.45) is 5.92 Å². The highest BCUT2D eigenvalue weighted by Crippen LogP contribution is 2.17. The molecule has 132 valence electrons. The maximum absolute atomic E-state index is 12.0. The van der Waals surface area contributed by atoms with E-state index < -0.39 is 0 Å². The molecule has 7 heteroatoms. The number of benzene rings is 1. The first-order valence-corrected chi connectivity index (χ1v) is 7.72. The highest BCUT2D eigenvalue weighted by Gasteiger charge is 2.24. The minimum absolute atomic E-state index is 0. The maximum atomic E-state index is 12.0. The van der Waals surface area contributed by atoms with Crippen LogP contribution in [-0.4, -0.2) is 41.7 Å². The van der Waals surface area contributed by atoms with Crippen LogP contribution >= 0.6 is 24.8 Å². The first kappa shape index (κ1) is 20.6. The van der Waals surface area contributed by atoms with Crippen molar-refractivity contribution in [2.75, 3.05) is 19.6 Å². The van der Waals surface area contributed by atoms with E-state index in [2.05, 4.69) is 15.6 Å². The number of para-hydroxylation sites is 1. The van der Waals surface area contributed by atoms with Crippen LogP contribution in [0, 0.1) is 5.92 Å². The highest BCUT2D eigenvalue weighted by molar-refractivity contribution is 5.85. The minimum atomic E-state index is -0.357. The number of carbonyl (C=O) groups excluding carboxylic acids is 1. The summed E-state index contributed by atoms with van der Waals surface area (Å²) in [5.74, 6) is 0.144. The number of aliphatic hydroxyl groups excluding tert-OH is 1. The van der Waals surface area contributed by atoms with Gasteiger partial charge in [0.15, 0.2) is 0 Å². The fourth-order valence-corrected chi connectivity index (χ4v) is 2.88. The second-order valence-electron chi connectivity index (χ2n) is 5.78. The molecule has 0 bridgehead atoms. The summed E-state index contributed by atoms with van der Waals surface area (Å²) in [4.78, 5) is 16.3. The summed E-state index contributed by atoms with van der Waals surface area (Å²) in [5.41, 5.74) is 2.10. The van der Waals surface area contributed by atoms with Crippen molar-refractivity contribution in [1.82, 2.24) is 15.6 Å². The zero-order chi connectivity index (χ0) is 15.4. The van der Waals surface area contributed by atoms with Crippen molar-refractivity contribution < 1.29 is 9.90 Å². The highest BCUT2D eigenvalue weighted by atomic mass is 35.5. The molecule has 1 aromatic heterocycles. The maximum Gasteiger partial charge on any atom is 0.220 e. The van der Waals surface area contributed by atoms with Crippen molar-refractivity contribution in [3.05, 3.63) is 42.1 Å². The Bertz CT molecular complexity index is 664. The van der Waals surface area contributed by atoms with E-state index >= 15 is 0 Å². The third-order valence-corrected chi connectivity index (χ3v) is 4.23. The Kier molecular flexibility index (Phi) is 8.42. The molecule has 24 heavy (non-hydrogen) atoms. The van der Waals surface area contributed by atoms with Gasteiger partial charge in [0, 0.05) is 43.6 Å². The molecule has 1 saturated heterocycles. The first-order chi connectivity index (χ1) is 10.7. The van der Waals surface area contributed by atoms with Gasteiger partial charge < -0.3 is 15.7 Å². The van der Waals surface area contributed by atoms with Crippen LogP contribution in [0.15, 0.2) is 36.5 Å². The fourth-order valence-electron chi connectivity index (χ4n) is 2.88. The summed E-state index contributed by atoms with van der Waals surface area (Å²) in [5, 5.41) is 16.8. The number of β-amino-alcohol motifs (C(OH)–C–C–N with tert-alkyl or cyclic N) is 1. The summed E-state index contributed by atoms with van der Waals surface area (Å²) < 4.78 is 0. The molecule has 1 amide bonds. The summed E-state index contributed by atoms with van der Waals surface area (Å²) in [6.45, 7) is 1.91. The monoisotopic (exact) mass is 371 g/mol. The van der Waals surface area contributed by atoms with Crippen LogP contribution in [0.1, 0.15) is 12.0 Å². The van der Waals surface area contributed by atoms with Gasteiger partial charge in [0.2, 0.25) is 5.91 Å². The van der Waals surface area contributed by atoms with Gasteiger partial charge in [-0.25, -0.2) is 0 Å². The molecule has 3 rings (SSSR count). The summed E-state index contributed by atoms with van der Waals surface area (Å²) in [7, 11) is 0. The van der Waals surface area contributed by atoms with Gasteiger partial charge in [-0.3, -0.25) is 9.78 Å². The number of rotatable bonds is 5. The van der Waals surface area contributed by atoms with Crippen LogP contribution in [0.5, 0.6) is 0 Å². The Morgan fingerprint density at radius 1 is 1.25 bits per heavy atom. The van der Waals surface area contributed by atoms with Gasteiger partial charge in [0.05, 0.1) is 11.6 Å². The fraction of sp³-hybridized carbons (Fsp3) is 0.412. The Morgan fingerprint density at radius 2 is 2.04 bits per heavy atom. The number of hydrogen-bond acceptors (Lipinski definition) is 4. The molecule has 2 unspecified atom stereocenters. The third-order valence-electron chi connectivity index (χ3n) is 4.23. The second-order valence-corrected chi connectivity index (χ2v) is 5.78. The number of amides is 1. The number of fused-ring (bicyclic) bond motifs is 1. The SMILES string of the molecule is Cl.Cl.O=C(CCc1ccnc2ccccc12)NCC1CNCC1O. The number of aromatic nitrogens is 1. The predicted octanol–water partition coefficient (Wildman–Crippen LogP) is 1.71. The van der Waals surface area contributed by atoms with Crippen molar-refractivity contribution in [3.63, 3.8) is 0 Å². The standard InChI is InChI=1S/C17H21N3O2.2ClH/c21-16-11-18-9-13(16)10-20-17(22)6-5-12-7-8-19-15-4-2-1-3-14(12)15;;/h1-4,7-8,13,16,18,21H,5-6,9-11H2,(H,20,22);2*1H. The van der Waals surface area contributed by atoms with E-state index in [0.29, 0.717) is 25.9 Å². The molecule has 0 aliphatic carbocycles. The molecule has 1 aliphatic heterocycles. The second kappa shape index (κ2) is 9.79. The number of pyridine rings is 1. The molecule has 1 aromatic carbocycles. The van der Waals surface area contributed by atoms with Crippen LogP contribution in [0.3, 0.4) is 0 Å². The van der Waals surface area contributed by atoms with Gasteiger partial charge in [0.1, 0.15) is 0 Å².